The van der Waals surface area contributed by atoms with Gasteiger partial charge in [0.1, 0.15) is 17.7 Å². The number of aromatic nitrogens is 1. The second kappa shape index (κ2) is 4.98. The van der Waals surface area contributed by atoms with Crippen LogP contribution in [-0.2, 0) is 0 Å². The highest BCUT2D eigenvalue weighted by atomic mass is 19.1. The Morgan fingerprint density at radius 1 is 0.950 bits per heavy atom. The molecule has 0 amide bonds. The molecule has 4 heteroatoms. The molecule has 0 saturated carbocycles. The van der Waals surface area contributed by atoms with E-state index >= 15 is 0 Å². The molecule has 100 valence electrons. The van der Waals surface area contributed by atoms with Crippen LogP contribution in [0.2, 0.25) is 0 Å². The summed E-state index contributed by atoms with van der Waals surface area (Å²) in [5.74, 6) is -1.53. The van der Waals surface area contributed by atoms with E-state index in [0.29, 0.717) is 10.9 Å². The first kappa shape index (κ1) is 12.7. The molecular formula is C16H11F2NO. The number of aliphatic hydroxyl groups excluding tert-OH is 1. The van der Waals surface area contributed by atoms with Crippen LogP contribution in [0.3, 0.4) is 0 Å². The van der Waals surface area contributed by atoms with E-state index in [1.165, 1.54) is 6.07 Å². The molecule has 0 aliphatic carbocycles. The van der Waals surface area contributed by atoms with Crippen LogP contribution < -0.4 is 0 Å². The van der Waals surface area contributed by atoms with Gasteiger partial charge >= 0.3 is 0 Å². The average molecular weight is 271 g/mol. The van der Waals surface area contributed by atoms with Crippen molar-refractivity contribution in [3.63, 3.8) is 0 Å². The second-order valence-corrected chi connectivity index (χ2v) is 4.48. The van der Waals surface area contributed by atoms with E-state index in [9.17, 15) is 13.9 Å². The highest BCUT2D eigenvalue weighted by Crippen LogP contribution is 2.31. The van der Waals surface area contributed by atoms with Gasteiger partial charge in [0.2, 0.25) is 0 Å². The minimum Gasteiger partial charge on any atom is -0.383 e. The number of aliphatic hydroxyl groups is 1. The predicted octanol–water partition coefficient (Wildman–Crippen LogP) is 3.59. The van der Waals surface area contributed by atoms with Gasteiger partial charge in [-0.05, 0) is 29.1 Å². The summed E-state index contributed by atoms with van der Waals surface area (Å²) in [6.07, 6.45) is 1.83. The molecule has 0 fully saturated rings. The molecule has 2 nitrogen and oxygen atoms in total. The van der Waals surface area contributed by atoms with Crippen molar-refractivity contribution >= 4 is 10.8 Å². The van der Waals surface area contributed by atoms with Crippen molar-refractivity contribution in [1.29, 1.82) is 0 Å². The van der Waals surface area contributed by atoms with E-state index in [0.717, 1.165) is 17.5 Å². The van der Waals surface area contributed by atoms with Crippen molar-refractivity contribution in [2.24, 2.45) is 0 Å². The fourth-order valence-corrected chi connectivity index (χ4v) is 2.30. The number of fused-ring (bicyclic) bond motifs is 1. The van der Waals surface area contributed by atoms with Crippen LogP contribution in [0.4, 0.5) is 8.78 Å². The van der Waals surface area contributed by atoms with E-state index in [1.807, 2.05) is 6.07 Å². The van der Waals surface area contributed by atoms with Gasteiger partial charge in [-0.15, -0.1) is 0 Å². The number of hydrogen-bond acceptors (Lipinski definition) is 2. The SMILES string of the molecule is OC(c1c(F)cccc1F)c1cccc2ccncc12. The van der Waals surface area contributed by atoms with Gasteiger partial charge in [0.15, 0.2) is 0 Å². The average Bonchev–Trinajstić information content (AvgIpc) is 2.46. The number of hydrogen-bond donors (Lipinski definition) is 1. The maximum atomic E-state index is 13.8. The highest BCUT2D eigenvalue weighted by molar-refractivity contribution is 5.85. The van der Waals surface area contributed by atoms with E-state index < -0.39 is 17.7 Å². The predicted molar refractivity (Wildman–Crippen MR) is 72.2 cm³/mol. The summed E-state index contributed by atoms with van der Waals surface area (Å²) in [6.45, 7) is 0. The molecule has 1 heterocycles. The van der Waals surface area contributed by atoms with E-state index in [1.54, 1.807) is 30.6 Å². The van der Waals surface area contributed by atoms with Crippen LogP contribution in [0.1, 0.15) is 17.2 Å². The molecule has 0 bridgehead atoms. The molecule has 3 rings (SSSR count). The zero-order valence-electron chi connectivity index (χ0n) is 10.4. The van der Waals surface area contributed by atoms with E-state index in [-0.39, 0.29) is 5.56 Å². The molecule has 2 aromatic carbocycles. The Bertz CT molecular complexity index is 748. The van der Waals surface area contributed by atoms with E-state index in [4.69, 9.17) is 0 Å². The zero-order valence-corrected chi connectivity index (χ0v) is 10.4. The Morgan fingerprint density at radius 3 is 2.40 bits per heavy atom. The number of pyridine rings is 1. The molecule has 1 unspecified atom stereocenters. The lowest BCUT2D eigenvalue weighted by molar-refractivity contribution is 0.210. The lowest BCUT2D eigenvalue weighted by Gasteiger charge is -2.15. The van der Waals surface area contributed by atoms with Gasteiger partial charge < -0.3 is 5.11 Å². The van der Waals surface area contributed by atoms with Crippen LogP contribution in [0.5, 0.6) is 0 Å². The third-order valence-corrected chi connectivity index (χ3v) is 3.29. The number of halogens is 2. The summed E-state index contributed by atoms with van der Waals surface area (Å²) < 4.78 is 27.5. The third kappa shape index (κ3) is 2.04. The first-order chi connectivity index (χ1) is 9.68. The summed E-state index contributed by atoms with van der Waals surface area (Å²) in [5, 5.41) is 11.9. The van der Waals surface area contributed by atoms with Crippen LogP contribution in [0, 0.1) is 11.6 Å². The smallest absolute Gasteiger partial charge is 0.132 e. The Labute approximate surface area is 114 Å². The Kier molecular flexibility index (Phi) is 3.16. The Morgan fingerprint density at radius 2 is 1.65 bits per heavy atom. The number of rotatable bonds is 2. The lowest BCUT2D eigenvalue weighted by Crippen LogP contribution is -2.06. The molecule has 0 spiro atoms. The molecule has 0 aliphatic rings. The summed E-state index contributed by atoms with van der Waals surface area (Å²) in [6, 6.07) is 10.5. The summed E-state index contributed by atoms with van der Waals surface area (Å²) in [5.41, 5.74) is 0.0865. The fraction of sp³-hybridized carbons (Fsp3) is 0.0625. The maximum absolute atomic E-state index is 13.8. The van der Waals surface area contributed by atoms with Crippen LogP contribution >= 0.6 is 0 Å². The van der Waals surface area contributed by atoms with Crippen LogP contribution in [0.15, 0.2) is 54.9 Å². The molecule has 1 atom stereocenters. The quantitative estimate of drug-likeness (QED) is 0.772. The van der Waals surface area contributed by atoms with Gasteiger partial charge in [0.05, 0.1) is 5.56 Å². The fourth-order valence-electron chi connectivity index (χ4n) is 2.30. The minimum absolute atomic E-state index is 0.344. The van der Waals surface area contributed by atoms with Crippen molar-refractivity contribution in [2.75, 3.05) is 0 Å². The molecule has 1 N–H and O–H groups in total. The van der Waals surface area contributed by atoms with Gasteiger partial charge in [-0.3, -0.25) is 4.98 Å². The third-order valence-electron chi connectivity index (χ3n) is 3.29. The molecular weight excluding hydrogens is 260 g/mol. The summed E-state index contributed by atoms with van der Waals surface area (Å²) in [4.78, 5) is 4.00. The standard InChI is InChI=1S/C16H11F2NO/c17-13-5-2-6-14(18)15(13)16(20)11-4-1-3-10-7-8-19-9-12(10)11/h1-9,16,20H. The van der Waals surface area contributed by atoms with Gasteiger partial charge in [-0.1, -0.05) is 24.3 Å². The first-order valence-electron chi connectivity index (χ1n) is 6.13. The molecule has 0 aliphatic heterocycles. The van der Waals surface area contributed by atoms with Crippen molar-refractivity contribution < 1.29 is 13.9 Å². The molecule has 1 aromatic heterocycles. The summed E-state index contributed by atoms with van der Waals surface area (Å²) in [7, 11) is 0. The maximum Gasteiger partial charge on any atom is 0.132 e. The first-order valence-corrected chi connectivity index (χ1v) is 6.13. The second-order valence-electron chi connectivity index (χ2n) is 4.48. The summed E-state index contributed by atoms with van der Waals surface area (Å²) >= 11 is 0. The van der Waals surface area contributed by atoms with Crippen molar-refractivity contribution in [1.82, 2.24) is 4.98 Å². The molecule has 20 heavy (non-hydrogen) atoms. The number of nitrogens with zero attached hydrogens (tertiary/aromatic N) is 1. The highest BCUT2D eigenvalue weighted by Gasteiger charge is 2.21. The van der Waals surface area contributed by atoms with Crippen LogP contribution in [-0.4, -0.2) is 10.1 Å². The minimum atomic E-state index is -1.37. The van der Waals surface area contributed by atoms with Gasteiger partial charge in [-0.25, -0.2) is 8.78 Å². The van der Waals surface area contributed by atoms with E-state index in [2.05, 4.69) is 4.98 Å². The Hall–Kier alpha value is -2.33. The molecule has 0 saturated heterocycles. The Balaban J connectivity index is 2.21. The van der Waals surface area contributed by atoms with Gasteiger partial charge in [0.25, 0.3) is 0 Å². The van der Waals surface area contributed by atoms with Crippen molar-refractivity contribution in [3.05, 3.63) is 77.6 Å². The van der Waals surface area contributed by atoms with Crippen molar-refractivity contribution in [3.8, 4) is 0 Å². The zero-order chi connectivity index (χ0) is 14.1. The lowest BCUT2D eigenvalue weighted by atomic mass is 9.96. The normalized spacial score (nSPS) is 12.6. The monoisotopic (exact) mass is 271 g/mol. The van der Waals surface area contributed by atoms with Crippen LogP contribution in [0.25, 0.3) is 10.8 Å². The number of benzene rings is 2. The van der Waals surface area contributed by atoms with Gasteiger partial charge in [0, 0.05) is 17.8 Å². The topological polar surface area (TPSA) is 33.1 Å². The largest absolute Gasteiger partial charge is 0.383 e. The molecule has 3 aromatic rings. The van der Waals surface area contributed by atoms with Crippen molar-refractivity contribution in [2.45, 2.75) is 6.10 Å². The van der Waals surface area contributed by atoms with Gasteiger partial charge in [-0.2, -0.15) is 0 Å². The molecule has 0 radical (unpaired) electrons.